The average Bonchev–Trinajstić information content (AvgIpc) is 2.92. The van der Waals surface area contributed by atoms with Gasteiger partial charge in [-0.1, -0.05) is 17.7 Å². The summed E-state index contributed by atoms with van der Waals surface area (Å²) >= 11 is 0. The zero-order chi connectivity index (χ0) is 15.2. The first-order valence-electron chi connectivity index (χ1n) is 7.07. The molecule has 0 fully saturated rings. The van der Waals surface area contributed by atoms with Crippen molar-refractivity contribution in [3.05, 3.63) is 41.8 Å². The lowest BCUT2D eigenvalue weighted by Crippen LogP contribution is -2.40. The van der Waals surface area contributed by atoms with E-state index in [4.69, 9.17) is 4.42 Å². The summed E-state index contributed by atoms with van der Waals surface area (Å²) in [7, 11) is 1.75. The highest BCUT2D eigenvalue weighted by atomic mass is 127. The first-order valence-corrected chi connectivity index (χ1v) is 7.07. The minimum Gasteiger partial charge on any atom is -0.444 e. The van der Waals surface area contributed by atoms with Crippen molar-refractivity contribution in [3.8, 4) is 11.5 Å². The standard InChI is InChI=1S/C16H22N4O.HI/c1-11(2)19-16(17-4)18-9-14-10-21-15(20-14)13-7-5-12(3)6-8-13;/h5-8,10-11H,9H2,1-4H3,(H2,17,18,19);1H. The highest BCUT2D eigenvalue weighted by molar-refractivity contribution is 14.0. The van der Waals surface area contributed by atoms with Gasteiger partial charge in [0.15, 0.2) is 5.96 Å². The van der Waals surface area contributed by atoms with E-state index in [0.29, 0.717) is 18.5 Å². The van der Waals surface area contributed by atoms with Crippen LogP contribution in [0.1, 0.15) is 25.1 Å². The lowest BCUT2D eigenvalue weighted by atomic mass is 10.1. The number of aryl methyl sites for hydroxylation is 1. The van der Waals surface area contributed by atoms with Crippen molar-refractivity contribution in [1.29, 1.82) is 0 Å². The fourth-order valence-electron chi connectivity index (χ4n) is 1.86. The van der Waals surface area contributed by atoms with E-state index in [9.17, 15) is 0 Å². The maximum absolute atomic E-state index is 5.53. The molecule has 0 bridgehead atoms. The average molecular weight is 414 g/mol. The molecule has 2 rings (SSSR count). The molecular weight excluding hydrogens is 391 g/mol. The van der Waals surface area contributed by atoms with Crippen LogP contribution in [-0.4, -0.2) is 24.0 Å². The molecule has 1 aromatic heterocycles. The van der Waals surface area contributed by atoms with Gasteiger partial charge in [-0.25, -0.2) is 4.98 Å². The maximum atomic E-state index is 5.53. The molecule has 0 saturated carbocycles. The van der Waals surface area contributed by atoms with Crippen LogP contribution >= 0.6 is 24.0 Å². The normalized spacial score (nSPS) is 11.2. The number of guanidine groups is 1. The second-order valence-electron chi connectivity index (χ2n) is 5.23. The highest BCUT2D eigenvalue weighted by Crippen LogP contribution is 2.18. The van der Waals surface area contributed by atoms with E-state index >= 15 is 0 Å². The molecular formula is C16H23IN4O. The van der Waals surface area contributed by atoms with Crippen LogP contribution in [0.3, 0.4) is 0 Å². The summed E-state index contributed by atoms with van der Waals surface area (Å²) in [5.41, 5.74) is 3.05. The van der Waals surface area contributed by atoms with Crippen molar-refractivity contribution in [2.75, 3.05) is 7.05 Å². The Hall–Kier alpha value is -1.57. The van der Waals surface area contributed by atoms with Crippen LogP contribution in [0.2, 0.25) is 0 Å². The van der Waals surface area contributed by atoms with Gasteiger partial charge in [0.1, 0.15) is 6.26 Å². The third-order valence-electron chi connectivity index (χ3n) is 2.94. The van der Waals surface area contributed by atoms with E-state index in [1.165, 1.54) is 5.56 Å². The number of aliphatic imine (C=N–C) groups is 1. The van der Waals surface area contributed by atoms with Crippen LogP contribution in [0.15, 0.2) is 39.9 Å². The lowest BCUT2D eigenvalue weighted by molar-refractivity contribution is 0.572. The van der Waals surface area contributed by atoms with Gasteiger partial charge in [0.05, 0.1) is 12.2 Å². The molecule has 5 nitrogen and oxygen atoms in total. The minimum atomic E-state index is 0. The molecule has 22 heavy (non-hydrogen) atoms. The van der Waals surface area contributed by atoms with Gasteiger partial charge in [-0.3, -0.25) is 4.99 Å². The summed E-state index contributed by atoms with van der Waals surface area (Å²) in [6, 6.07) is 8.45. The maximum Gasteiger partial charge on any atom is 0.226 e. The summed E-state index contributed by atoms with van der Waals surface area (Å²) in [6.45, 7) is 6.76. The monoisotopic (exact) mass is 414 g/mol. The van der Waals surface area contributed by atoms with Crippen LogP contribution in [0.4, 0.5) is 0 Å². The van der Waals surface area contributed by atoms with Gasteiger partial charge in [-0.05, 0) is 32.9 Å². The molecule has 2 N–H and O–H groups in total. The van der Waals surface area contributed by atoms with Crippen LogP contribution in [0, 0.1) is 6.92 Å². The van der Waals surface area contributed by atoms with Gasteiger partial charge in [-0.15, -0.1) is 24.0 Å². The number of benzene rings is 1. The molecule has 0 radical (unpaired) electrons. The zero-order valence-corrected chi connectivity index (χ0v) is 15.7. The summed E-state index contributed by atoms with van der Waals surface area (Å²) in [4.78, 5) is 8.64. The van der Waals surface area contributed by atoms with E-state index < -0.39 is 0 Å². The third-order valence-corrected chi connectivity index (χ3v) is 2.94. The Morgan fingerprint density at radius 3 is 2.55 bits per heavy atom. The molecule has 0 spiro atoms. The van der Waals surface area contributed by atoms with Gasteiger partial charge < -0.3 is 15.1 Å². The second kappa shape index (κ2) is 8.77. The first-order chi connectivity index (χ1) is 10.1. The number of rotatable bonds is 4. The van der Waals surface area contributed by atoms with E-state index in [1.807, 2.05) is 24.3 Å². The predicted octanol–water partition coefficient (Wildman–Crippen LogP) is 3.34. The Labute approximate surface area is 148 Å². The van der Waals surface area contributed by atoms with Gasteiger partial charge in [0.2, 0.25) is 5.89 Å². The lowest BCUT2D eigenvalue weighted by Gasteiger charge is -2.13. The number of aromatic nitrogens is 1. The summed E-state index contributed by atoms with van der Waals surface area (Å²) in [5.74, 6) is 1.39. The molecule has 0 atom stereocenters. The summed E-state index contributed by atoms with van der Waals surface area (Å²) in [6.07, 6.45) is 1.67. The molecule has 2 aromatic rings. The van der Waals surface area contributed by atoms with E-state index in [2.05, 4.69) is 41.4 Å². The Bertz CT molecular complexity index is 605. The van der Waals surface area contributed by atoms with Crippen molar-refractivity contribution < 1.29 is 4.42 Å². The largest absolute Gasteiger partial charge is 0.444 e. The van der Waals surface area contributed by atoms with Crippen molar-refractivity contribution in [2.24, 2.45) is 4.99 Å². The number of hydrogen-bond donors (Lipinski definition) is 2. The highest BCUT2D eigenvalue weighted by Gasteiger charge is 2.07. The molecule has 0 amide bonds. The topological polar surface area (TPSA) is 62.5 Å². The summed E-state index contributed by atoms with van der Waals surface area (Å²) < 4.78 is 5.53. The Kier molecular flexibility index (Phi) is 7.37. The fourth-order valence-corrected chi connectivity index (χ4v) is 1.86. The molecule has 0 aliphatic carbocycles. The smallest absolute Gasteiger partial charge is 0.226 e. The molecule has 6 heteroatoms. The number of oxazole rings is 1. The molecule has 120 valence electrons. The van der Waals surface area contributed by atoms with E-state index in [0.717, 1.165) is 17.2 Å². The van der Waals surface area contributed by atoms with Crippen molar-refractivity contribution in [1.82, 2.24) is 15.6 Å². The van der Waals surface area contributed by atoms with Crippen LogP contribution in [-0.2, 0) is 6.54 Å². The van der Waals surface area contributed by atoms with Gasteiger partial charge in [0, 0.05) is 18.7 Å². The third kappa shape index (κ3) is 5.32. The van der Waals surface area contributed by atoms with Crippen LogP contribution in [0.5, 0.6) is 0 Å². The fraction of sp³-hybridized carbons (Fsp3) is 0.375. The molecule has 1 aromatic carbocycles. The number of nitrogens with zero attached hydrogens (tertiary/aromatic N) is 2. The zero-order valence-electron chi connectivity index (χ0n) is 13.4. The van der Waals surface area contributed by atoms with Gasteiger partial charge in [0.25, 0.3) is 0 Å². The predicted molar refractivity (Wildman–Crippen MR) is 101 cm³/mol. The number of hydrogen-bond acceptors (Lipinski definition) is 3. The SMILES string of the molecule is CN=C(NCc1coc(-c2ccc(C)cc2)n1)NC(C)C.I. The van der Waals surface area contributed by atoms with Crippen molar-refractivity contribution >= 4 is 29.9 Å². The molecule has 0 aliphatic rings. The Balaban J connectivity index is 0.00000242. The first kappa shape index (κ1) is 18.5. The van der Waals surface area contributed by atoms with E-state index in [1.54, 1.807) is 13.3 Å². The number of halogens is 1. The Morgan fingerprint density at radius 2 is 1.95 bits per heavy atom. The molecule has 0 unspecified atom stereocenters. The molecule has 0 saturated heterocycles. The summed E-state index contributed by atoms with van der Waals surface area (Å²) in [5, 5.41) is 6.43. The van der Waals surface area contributed by atoms with Gasteiger partial charge in [-0.2, -0.15) is 0 Å². The molecule has 0 aliphatic heterocycles. The minimum absolute atomic E-state index is 0. The van der Waals surface area contributed by atoms with Crippen LogP contribution < -0.4 is 10.6 Å². The van der Waals surface area contributed by atoms with Crippen molar-refractivity contribution in [3.63, 3.8) is 0 Å². The quantitative estimate of drug-likeness (QED) is 0.458. The molecule has 1 heterocycles. The number of nitrogens with one attached hydrogen (secondary N) is 2. The van der Waals surface area contributed by atoms with Gasteiger partial charge >= 0.3 is 0 Å². The van der Waals surface area contributed by atoms with E-state index in [-0.39, 0.29) is 24.0 Å². The van der Waals surface area contributed by atoms with Crippen LogP contribution in [0.25, 0.3) is 11.5 Å². The second-order valence-corrected chi connectivity index (χ2v) is 5.23. The van der Waals surface area contributed by atoms with Crippen molar-refractivity contribution in [2.45, 2.75) is 33.4 Å². The Morgan fingerprint density at radius 1 is 1.27 bits per heavy atom.